The molecule has 2 aromatic carbocycles. The van der Waals surface area contributed by atoms with E-state index in [1.165, 1.54) is 17.8 Å². The normalized spacial score (nSPS) is 15.5. The Hall–Kier alpha value is -2.77. The highest BCUT2D eigenvalue weighted by Crippen LogP contribution is 2.35. The van der Waals surface area contributed by atoms with Crippen molar-refractivity contribution in [3.05, 3.63) is 76.6 Å². The second kappa shape index (κ2) is 8.77. The van der Waals surface area contributed by atoms with Crippen LogP contribution in [0.4, 0.5) is 4.39 Å². The number of thioether (sulfide) groups is 1. The number of nitrogens with zero attached hydrogens (tertiary/aromatic N) is 3. The van der Waals surface area contributed by atoms with Gasteiger partial charge < -0.3 is 0 Å². The second-order valence-electron chi connectivity index (χ2n) is 7.86. The maximum Gasteiger partial charge on any atom is 0.266 e. The van der Waals surface area contributed by atoms with Crippen LogP contribution in [0, 0.1) is 18.7 Å². The summed E-state index contributed by atoms with van der Waals surface area (Å²) in [4.78, 5) is 15.1. The molecule has 4 rings (SSSR count). The third-order valence-electron chi connectivity index (χ3n) is 4.92. The van der Waals surface area contributed by atoms with Crippen molar-refractivity contribution in [2.45, 2.75) is 20.8 Å². The van der Waals surface area contributed by atoms with Gasteiger partial charge in [0.25, 0.3) is 5.91 Å². The molecule has 2 heterocycles. The smallest absolute Gasteiger partial charge is 0.266 e. The predicted molar refractivity (Wildman–Crippen MR) is 128 cm³/mol. The molecule has 0 radical (unpaired) electrons. The standard InChI is InChI=1S/C24H22FN3OS2/c1-15(2)13-27-23(29)21(31-24(27)30)12-18-14-28(19-7-5-4-6-8-19)26-22(18)17-10-9-16(3)20(25)11-17/h4-12,14-15H,13H2,1-3H3. The fourth-order valence-electron chi connectivity index (χ4n) is 3.33. The van der Waals surface area contributed by atoms with Gasteiger partial charge in [0, 0.05) is 23.9 Å². The molecule has 0 unspecified atom stereocenters. The van der Waals surface area contributed by atoms with E-state index in [-0.39, 0.29) is 11.7 Å². The Labute approximate surface area is 190 Å². The molecule has 31 heavy (non-hydrogen) atoms. The Bertz CT molecular complexity index is 1180. The maximum absolute atomic E-state index is 14.3. The van der Waals surface area contributed by atoms with Crippen LogP contribution in [0.3, 0.4) is 0 Å². The lowest BCUT2D eigenvalue weighted by Crippen LogP contribution is -2.31. The van der Waals surface area contributed by atoms with Gasteiger partial charge in [0.05, 0.1) is 10.6 Å². The third kappa shape index (κ3) is 4.48. The van der Waals surface area contributed by atoms with Crippen LogP contribution in [0.15, 0.2) is 59.6 Å². The summed E-state index contributed by atoms with van der Waals surface area (Å²) in [6, 6.07) is 14.7. The molecule has 1 saturated heterocycles. The SMILES string of the molecule is Cc1ccc(-c2nn(-c3ccccc3)cc2C=C2SC(=S)N(CC(C)C)C2=O)cc1F. The fourth-order valence-corrected chi connectivity index (χ4v) is 4.60. The van der Waals surface area contributed by atoms with E-state index in [4.69, 9.17) is 17.3 Å². The van der Waals surface area contributed by atoms with Crippen LogP contribution in [-0.2, 0) is 4.79 Å². The van der Waals surface area contributed by atoms with Crippen LogP contribution in [0.1, 0.15) is 25.0 Å². The van der Waals surface area contributed by atoms with Crippen molar-refractivity contribution in [1.29, 1.82) is 0 Å². The van der Waals surface area contributed by atoms with Crippen LogP contribution in [0.25, 0.3) is 23.0 Å². The number of rotatable bonds is 5. The average Bonchev–Trinajstić information content (AvgIpc) is 3.27. The first-order chi connectivity index (χ1) is 14.8. The van der Waals surface area contributed by atoms with Gasteiger partial charge in [-0.2, -0.15) is 5.10 Å². The molecule has 1 fully saturated rings. The first-order valence-corrected chi connectivity index (χ1v) is 11.2. The number of amides is 1. The van der Waals surface area contributed by atoms with E-state index < -0.39 is 0 Å². The van der Waals surface area contributed by atoms with Crippen LogP contribution in [0.2, 0.25) is 0 Å². The molecule has 0 spiro atoms. The quantitative estimate of drug-likeness (QED) is 0.361. The Morgan fingerprint density at radius 3 is 2.61 bits per heavy atom. The summed E-state index contributed by atoms with van der Waals surface area (Å²) in [5.74, 6) is -0.0769. The number of carbonyl (C=O) groups excluding carboxylic acids is 1. The monoisotopic (exact) mass is 451 g/mol. The minimum absolute atomic E-state index is 0.0998. The average molecular weight is 452 g/mol. The number of hydrogen-bond acceptors (Lipinski definition) is 4. The largest absolute Gasteiger partial charge is 0.293 e. The third-order valence-corrected chi connectivity index (χ3v) is 6.29. The second-order valence-corrected chi connectivity index (χ2v) is 9.54. The van der Waals surface area contributed by atoms with E-state index in [0.717, 1.165) is 11.3 Å². The molecule has 0 atom stereocenters. The van der Waals surface area contributed by atoms with Crippen LogP contribution in [0.5, 0.6) is 0 Å². The number of aryl methyl sites for hydroxylation is 1. The van der Waals surface area contributed by atoms with Gasteiger partial charge >= 0.3 is 0 Å². The molecular weight excluding hydrogens is 429 g/mol. The van der Waals surface area contributed by atoms with Crippen molar-refractivity contribution >= 4 is 40.3 Å². The topological polar surface area (TPSA) is 38.1 Å². The van der Waals surface area contributed by atoms with Crippen molar-refractivity contribution in [3.63, 3.8) is 0 Å². The van der Waals surface area contributed by atoms with Gasteiger partial charge in [-0.25, -0.2) is 9.07 Å². The minimum Gasteiger partial charge on any atom is -0.293 e. The lowest BCUT2D eigenvalue weighted by molar-refractivity contribution is -0.122. The van der Waals surface area contributed by atoms with Gasteiger partial charge in [0.15, 0.2) is 0 Å². The number of carbonyl (C=O) groups is 1. The highest BCUT2D eigenvalue weighted by molar-refractivity contribution is 8.26. The molecule has 158 valence electrons. The first kappa shape index (κ1) is 21.5. The van der Waals surface area contributed by atoms with Gasteiger partial charge in [-0.1, -0.05) is 68.2 Å². The van der Waals surface area contributed by atoms with Crippen LogP contribution < -0.4 is 0 Å². The number of aromatic nitrogens is 2. The summed E-state index contributed by atoms with van der Waals surface area (Å²) in [5, 5.41) is 4.71. The highest BCUT2D eigenvalue weighted by atomic mass is 32.2. The predicted octanol–water partition coefficient (Wildman–Crippen LogP) is 5.84. The zero-order valence-corrected chi connectivity index (χ0v) is 19.1. The molecule has 7 heteroatoms. The van der Waals surface area contributed by atoms with E-state index in [1.807, 2.05) is 42.6 Å². The summed E-state index contributed by atoms with van der Waals surface area (Å²) in [7, 11) is 0. The molecule has 0 N–H and O–H groups in total. The van der Waals surface area contributed by atoms with Crippen molar-refractivity contribution in [2.75, 3.05) is 6.54 Å². The molecule has 0 aliphatic carbocycles. The molecule has 0 bridgehead atoms. The number of hydrogen-bond donors (Lipinski definition) is 0. The van der Waals surface area contributed by atoms with Gasteiger partial charge in [-0.15, -0.1) is 0 Å². The molecule has 1 aliphatic rings. The van der Waals surface area contributed by atoms with E-state index in [0.29, 0.717) is 38.5 Å². The van der Waals surface area contributed by atoms with Crippen molar-refractivity contribution in [2.24, 2.45) is 5.92 Å². The molecule has 0 saturated carbocycles. The van der Waals surface area contributed by atoms with E-state index in [2.05, 4.69) is 13.8 Å². The Balaban J connectivity index is 1.80. The number of para-hydroxylation sites is 1. The Kier molecular flexibility index (Phi) is 6.07. The molecule has 1 aliphatic heterocycles. The molecule has 3 aromatic rings. The number of thiocarbonyl (C=S) groups is 1. The van der Waals surface area contributed by atoms with E-state index in [9.17, 15) is 9.18 Å². The molecular formula is C24H22FN3OS2. The molecule has 1 aromatic heterocycles. The van der Waals surface area contributed by atoms with Gasteiger partial charge in [-0.05, 0) is 42.7 Å². The number of benzene rings is 2. The maximum atomic E-state index is 14.3. The Morgan fingerprint density at radius 2 is 1.94 bits per heavy atom. The highest BCUT2D eigenvalue weighted by Gasteiger charge is 2.32. The summed E-state index contributed by atoms with van der Waals surface area (Å²) in [5.41, 5.74) is 3.45. The summed E-state index contributed by atoms with van der Waals surface area (Å²) in [6.07, 6.45) is 3.66. The van der Waals surface area contributed by atoms with Crippen molar-refractivity contribution in [1.82, 2.24) is 14.7 Å². The zero-order chi connectivity index (χ0) is 22.1. The molecule has 4 nitrogen and oxygen atoms in total. The van der Waals surface area contributed by atoms with Gasteiger partial charge in [0.1, 0.15) is 15.8 Å². The minimum atomic E-state index is -0.291. The van der Waals surface area contributed by atoms with Crippen molar-refractivity contribution < 1.29 is 9.18 Å². The van der Waals surface area contributed by atoms with Crippen molar-refractivity contribution in [3.8, 4) is 16.9 Å². The summed E-state index contributed by atoms with van der Waals surface area (Å²) in [6.45, 7) is 6.41. The fraction of sp³-hybridized carbons (Fsp3) is 0.208. The summed E-state index contributed by atoms with van der Waals surface area (Å²) < 4.78 is 16.6. The van der Waals surface area contributed by atoms with Gasteiger partial charge in [-0.3, -0.25) is 9.69 Å². The van der Waals surface area contributed by atoms with E-state index >= 15 is 0 Å². The summed E-state index contributed by atoms with van der Waals surface area (Å²) >= 11 is 6.72. The zero-order valence-electron chi connectivity index (χ0n) is 17.5. The van der Waals surface area contributed by atoms with E-state index in [1.54, 1.807) is 28.6 Å². The van der Waals surface area contributed by atoms with Gasteiger partial charge in [0.2, 0.25) is 0 Å². The number of halogens is 1. The Morgan fingerprint density at radius 1 is 1.19 bits per heavy atom. The lowest BCUT2D eigenvalue weighted by Gasteiger charge is -2.16. The molecule has 1 amide bonds. The first-order valence-electron chi connectivity index (χ1n) is 10.0. The van der Waals surface area contributed by atoms with Crippen LogP contribution in [-0.4, -0.2) is 31.5 Å². The lowest BCUT2D eigenvalue weighted by atomic mass is 10.1. The van der Waals surface area contributed by atoms with Crippen LogP contribution >= 0.6 is 24.0 Å².